The van der Waals surface area contributed by atoms with Gasteiger partial charge in [-0.2, -0.15) is 0 Å². The Balaban J connectivity index is 0.000000280. The maximum Gasteiger partial charge on any atom is 0.302 e. The Morgan fingerprint density at radius 2 is 2.27 bits per heavy atom. The van der Waals surface area contributed by atoms with E-state index in [2.05, 4.69) is 5.32 Å². The fourth-order valence-corrected chi connectivity index (χ4v) is 1.12. The minimum absolute atomic E-state index is 0.132. The second-order valence-corrected chi connectivity index (χ2v) is 3.33. The molecule has 1 heterocycles. The molecule has 0 aromatic carbocycles. The van der Waals surface area contributed by atoms with Crippen LogP contribution in [0.1, 0.15) is 26.7 Å². The second-order valence-electron chi connectivity index (χ2n) is 3.33. The predicted molar refractivity (Wildman–Crippen MR) is 55.3 cm³/mol. The lowest BCUT2D eigenvalue weighted by Gasteiger charge is -2.08. The summed E-state index contributed by atoms with van der Waals surface area (Å²) in [6, 6.07) is 0. The molecular formula is C10H19NO4. The first kappa shape index (κ1) is 13.9. The molecule has 5 heteroatoms. The third kappa shape index (κ3) is 9.21. The predicted octanol–water partition coefficient (Wildman–Crippen LogP) is 0.481. The van der Waals surface area contributed by atoms with Gasteiger partial charge in [0.1, 0.15) is 6.10 Å². The molecule has 1 aliphatic rings. The van der Waals surface area contributed by atoms with Crippen molar-refractivity contribution in [2.75, 3.05) is 20.3 Å². The monoisotopic (exact) mass is 217 g/mol. The summed E-state index contributed by atoms with van der Waals surface area (Å²) in [4.78, 5) is 20.4. The molecule has 1 amide bonds. The Labute approximate surface area is 90.1 Å². The molecule has 1 rings (SSSR count). The van der Waals surface area contributed by atoms with E-state index in [0.717, 1.165) is 19.4 Å². The molecule has 0 aliphatic carbocycles. The number of rotatable bonds is 3. The summed E-state index contributed by atoms with van der Waals surface area (Å²) in [6.07, 6.45) is 1.63. The van der Waals surface area contributed by atoms with Crippen molar-refractivity contribution in [3.05, 3.63) is 0 Å². The standard InChI is InChI=1S/C6H12O3.C4H7NO/c1-5(4-8-3)9-6(2)7;6-4-2-1-3-5-4/h5H,4H2,1-3H3;1-3H2,(H,5,6). The van der Waals surface area contributed by atoms with Crippen LogP contribution in [0.4, 0.5) is 0 Å². The number of nitrogens with one attached hydrogen (secondary N) is 1. The number of ether oxygens (including phenoxy) is 2. The van der Waals surface area contributed by atoms with Crippen molar-refractivity contribution in [1.82, 2.24) is 5.32 Å². The first-order valence-electron chi connectivity index (χ1n) is 4.99. The molecule has 15 heavy (non-hydrogen) atoms. The Kier molecular flexibility index (Phi) is 7.62. The van der Waals surface area contributed by atoms with Crippen LogP contribution in [0.25, 0.3) is 0 Å². The third-order valence-corrected chi connectivity index (χ3v) is 1.67. The van der Waals surface area contributed by atoms with Crippen LogP contribution in [0.15, 0.2) is 0 Å². The molecule has 0 radical (unpaired) electrons. The van der Waals surface area contributed by atoms with Crippen molar-refractivity contribution in [3.63, 3.8) is 0 Å². The highest BCUT2D eigenvalue weighted by Crippen LogP contribution is 1.93. The molecule has 5 nitrogen and oxygen atoms in total. The minimum Gasteiger partial charge on any atom is -0.460 e. The highest BCUT2D eigenvalue weighted by atomic mass is 16.6. The van der Waals surface area contributed by atoms with Crippen molar-refractivity contribution in [3.8, 4) is 0 Å². The summed E-state index contributed by atoms with van der Waals surface area (Å²) in [5, 5.41) is 2.68. The molecule has 0 aromatic rings. The van der Waals surface area contributed by atoms with Crippen LogP contribution in [-0.2, 0) is 19.1 Å². The van der Waals surface area contributed by atoms with E-state index in [9.17, 15) is 9.59 Å². The van der Waals surface area contributed by atoms with E-state index >= 15 is 0 Å². The smallest absolute Gasteiger partial charge is 0.302 e. The summed E-state index contributed by atoms with van der Waals surface area (Å²) >= 11 is 0. The van der Waals surface area contributed by atoms with E-state index in [-0.39, 0.29) is 18.0 Å². The maximum absolute atomic E-state index is 10.3. The lowest BCUT2D eigenvalue weighted by molar-refractivity contribution is -0.147. The number of carbonyl (C=O) groups excluding carboxylic acids is 2. The molecule has 1 aliphatic heterocycles. The van der Waals surface area contributed by atoms with Crippen LogP contribution in [0.3, 0.4) is 0 Å². The lowest BCUT2D eigenvalue weighted by Crippen LogP contribution is -2.17. The Hall–Kier alpha value is -1.10. The third-order valence-electron chi connectivity index (χ3n) is 1.67. The fraction of sp³-hybridized carbons (Fsp3) is 0.800. The van der Waals surface area contributed by atoms with Gasteiger partial charge in [0.05, 0.1) is 6.61 Å². The van der Waals surface area contributed by atoms with E-state index < -0.39 is 0 Å². The Bertz CT molecular complexity index is 198. The molecule has 1 unspecified atom stereocenters. The molecule has 0 bridgehead atoms. The molecule has 0 saturated carbocycles. The van der Waals surface area contributed by atoms with Crippen LogP contribution in [0.2, 0.25) is 0 Å². The van der Waals surface area contributed by atoms with Crippen molar-refractivity contribution in [1.29, 1.82) is 0 Å². The summed E-state index contributed by atoms with van der Waals surface area (Å²) in [6.45, 7) is 4.51. The summed E-state index contributed by atoms with van der Waals surface area (Å²) in [7, 11) is 1.57. The van der Waals surface area contributed by atoms with Crippen LogP contribution >= 0.6 is 0 Å². The number of methoxy groups -OCH3 is 1. The quantitative estimate of drug-likeness (QED) is 0.698. The first-order chi connectivity index (χ1) is 7.06. The van der Waals surface area contributed by atoms with Gasteiger partial charge in [-0.25, -0.2) is 0 Å². The topological polar surface area (TPSA) is 64.6 Å². The number of hydrogen-bond acceptors (Lipinski definition) is 4. The Morgan fingerprint density at radius 3 is 2.53 bits per heavy atom. The number of amides is 1. The normalized spacial score (nSPS) is 16.1. The van der Waals surface area contributed by atoms with Gasteiger partial charge in [0.2, 0.25) is 5.91 Å². The van der Waals surface area contributed by atoms with Gasteiger partial charge in [-0.05, 0) is 13.3 Å². The van der Waals surface area contributed by atoms with Gasteiger partial charge < -0.3 is 14.8 Å². The van der Waals surface area contributed by atoms with Crippen LogP contribution in [0.5, 0.6) is 0 Å². The lowest BCUT2D eigenvalue weighted by atomic mass is 10.4. The zero-order chi connectivity index (χ0) is 11.7. The molecule has 1 fully saturated rings. The van der Waals surface area contributed by atoms with Gasteiger partial charge in [0.15, 0.2) is 0 Å². The van der Waals surface area contributed by atoms with E-state index in [0.29, 0.717) is 6.61 Å². The van der Waals surface area contributed by atoms with Gasteiger partial charge >= 0.3 is 5.97 Å². The van der Waals surface area contributed by atoms with Crippen molar-refractivity contribution in [2.24, 2.45) is 0 Å². The average molecular weight is 217 g/mol. The van der Waals surface area contributed by atoms with Crippen LogP contribution < -0.4 is 5.32 Å². The van der Waals surface area contributed by atoms with E-state index in [1.165, 1.54) is 6.92 Å². The maximum atomic E-state index is 10.3. The van der Waals surface area contributed by atoms with Crippen molar-refractivity contribution in [2.45, 2.75) is 32.8 Å². The number of esters is 1. The van der Waals surface area contributed by atoms with Gasteiger partial charge in [-0.1, -0.05) is 0 Å². The second kappa shape index (κ2) is 8.23. The van der Waals surface area contributed by atoms with Gasteiger partial charge in [-0.3, -0.25) is 9.59 Å². The first-order valence-corrected chi connectivity index (χ1v) is 4.99. The molecule has 88 valence electrons. The molecule has 1 atom stereocenters. The minimum atomic E-state index is -0.264. The summed E-state index contributed by atoms with van der Waals surface area (Å²) < 4.78 is 9.45. The summed E-state index contributed by atoms with van der Waals surface area (Å²) in [5.41, 5.74) is 0. The van der Waals surface area contributed by atoms with Crippen LogP contribution in [0, 0.1) is 0 Å². The van der Waals surface area contributed by atoms with Crippen LogP contribution in [-0.4, -0.2) is 38.2 Å². The van der Waals surface area contributed by atoms with E-state index in [4.69, 9.17) is 9.47 Å². The van der Waals surface area contributed by atoms with Gasteiger partial charge in [0, 0.05) is 27.0 Å². The molecular weight excluding hydrogens is 198 g/mol. The SMILES string of the molecule is COCC(C)OC(C)=O.O=C1CCCN1. The van der Waals surface area contributed by atoms with E-state index in [1.807, 2.05) is 0 Å². The number of hydrogen-bond donors (Lipinski definition) is 1. The Morgan fingerprint density at radius 1 is 1.60 bits per heavy atom. The van der Waals surface area contributed by atoms with Crippen molar-refractivity contribution >= 4 is 11.9 Å². The highest BCUT2D eigenvalue weighted by Gasteiger charge is 2.05. The zero-order valence-electron chi connectivity index (χ0n) is 9.54. The summed E-state index contributed by atoms with van der Waals surface area (Å²) in [5.74, 6) is -0.0606. The van der Waals surface area contributed by atoms with E-state index in [1.54, 1.807) is 14.0 Å². The molecule has 0 spiro atoms. The fourth-order valence-electron chi connectivity index (χ4n) is 1.12. The highest BCUT2D eigenvalue weighted by molar-refractivity contribution is 5.77. The average Bonchev–Trinajstić information content (AvgIpc) is 2.56. The zero-order valence-corrected chi connectivity index (χ0v) is 9.54. The molecule has 1 saturated heterocycles. The van der Waals surface area contributed by atoms with Gasteiger partial charge in [-0.15, -0.1) is 0 Å². The molecule has 1 N–H and O–H groups in total. The van der Waals surface area contributed by atoms with Crippen molar-refractivity contribution < 1.29 is 19.1 Å². The molecule has 0 aromatic heterocycles. The largest absolute Gasteiger partial charge is 0.460 e. The number of carbonyl (C=O) groups is 2. The van der Waals surface area contributed by atoms with Gasteiger partial charge in [0.25, 0.3) is 0 Å².